The van der Waals surface area contributed by atoms with Crippen molar-refractivity contribution in [1.82, 2.24) is 10.3 Å². The van der Waals surface area contributed by atoms with Crippen LogP contribution in [-0.2, 0) is 15.0 Å². The summed E-state index contributed by atoms with van der Waals surface area (Å²) in [5.41, 5.74) is 9.16. The first-order valence-corrected chi connectivity index (χ1v) is 10.7. The number of pyridine rings is 1. The van der Waals surface area contributed by atoms with E-state index in [9.17, 15) is 4.39 Å². The zero-order valence-corrected chi connectivity index (χ0v) is 17.6. The number of benzene rings is 2. The van der Waals surface area contributed by atoms with Crippen LogP contribution >= 0.6 is 0 Å². The minimum absolute atomic E-state index is 0.129. The van der Waals surface area contributed by atoms with E-state index in [1.54, 1.807) is 24.3 Å². The fourth-order valence-corrected chi connectivity index (χ4v) is 4.82. The topological polar surface area (TPSA) is 78.6 Å². The molecule has 1 unspecified atom stereocenters. The third-order valence-electron chi connectivity index (χ3n) is 6.43. The molecule has 0 amide bonds. The van der Waals surface area contributed by atoms with E-state index in [-0.39, 0.29) is 12.4 Å². The van der Waals surface area contributed by atoms with E-state index in [0.717, 1.165) is 11.1 Å². The number of nitrogens with two attached hydrogens (primary N) is 1. The molecule has 1 fully saturated rings. The second kappa shape index (κ2) is 7.71. The number of fused-ring (bicyclic) bond motifs is 4. The number of ether oxygens (including phenoxy) is 3. The van der Waals surface area contributed by atoms with Crippen LogP contribution in [0.3, 0.4) is 0 Å². The highest BCUT2D eigenvalue weighted by atomic mass is 19.1. The summed E-state index contributed by atoms with van der Waals surface area (Å²) in [5, 5.41) is 3.29. The van der Waals surface area contributed by atoms with Gasteiger partial charge in [-0.15, -0.1) is 0 Å². The maximum Gasteiger partial charge on any atom is 0.220 e. The predicted octanol–water partition coefficient (Wildman–Crippen LogP) is 4.04. The number of hydrogen-bond acceptors (Lipinski definition) is 6. The van der Waals surface area contributed by atoms with Crippen molar-refractivity contribution in [1.29, 1.82) is 0 Å². The van der Waals surface area contributed by atoms with Crippen molar-refractivity contribution in [2.24, 2.45) is 5.73 Å². The van der Waals surface area contributed by atoms with Crippen molar-refractivity contribution in [3.05, 3.63) is 83.2 Å². The number of halogens is 2. The monoisotopic (exact) mass is 449 g/mol. The van der Waals surface area contributed by atoms with E-state index < -0.39 is 23.7 Å². The molecule has 3 aromatic rings. The molecule has 0 bridgehead atoms. The van der Waals surface area contributed by atoms with Crippen LogP contribution in [0.2, 0.25) is 0 Å². The molecule has 1 aromatic heterocycles. The summed E-state index contributed by atoms with van der Waals surface area (Å²) in [6, 6.07) is 12.0. The van der Waals surface area contributed by atoms with E-state index in [1.807, 2.05) is 18.2 Å². The van der Waals surface area contributed by atoms with E-state index in [4.69, 9.17) is 19.9 Å². The molecule has 4 heterocycles. The van der Waals surface area contributed by atoms with Crippen LogP contribution in [0.15, 0.2) is 54.7 Å². The third kappa shape index (κ3) is 3.26. The van der Waals surface area contributed by atoms with E-state index >= 15 is 4.39 Å². The molecule has 1 spiro atoms. The van der Waals surface area contributed by atoms with Gasteiger partial charge in [-0.3, -0.25) is 11.1 Å². The second-order valence-corrected chi connectivity index (χ2v) is 8.33. The highest BCUT2D eigenvalue weighted by Gasteiger charge is 2.49. The van der Waals surface area contributed by atoms with Crippen molar-refractivity contribution >= 4 is 5.57 Å². The molecule has 3 aliphatic rings. The molecule has 1 saturated heterocycles. The molecule has 6 nitrogen and oxygen atoms in total. The lowest BCUT2D eigenvalue weighted by Gasteiger charge is -2.37. The Morgan fingerprint density at radius 1 is 1.09 bits per heavy atom. The van der Waals surface area contributed by atoms with E-state index in [0.29, 0.717) is 47.6 Å². The fraction of sp³-hybridized carbons (Fsp3) is 0.240. The zero-order chi connectivity index (χ0) is 22.6. The first-order valence-electron chi connectivity index (χ1n) is 10.7. The fourth-order valence-electron chi connectivity index (χ4n) is 4.82. The molecular weight excluding hydrogens is 428 g/mol. The summed E-state index contributed by atoms with van der Waals surface area (Å²) >= 11 is 0. The zero-order valence-electron chi connectivity index (χ0n) is 17.6. The molecule has 0 saturated carbocycles. The van der Waals surface area contributed by atoms with Crippen LogP contribution in [-0.4, -0.2) is 31.2 Å². The van der Waals surface area contributed by atoms with Gasteiger partial charge in [0.15, 0.2) is 17.9 Å². The van der Waals surface area contributed by atoms with Gasteiger partial charge in [0.25, 0.3) is 0 Å². The summed E-state index contributed by atoms with van der Waals surface area (Å²) in [6.45, 7) is 1.24. The molecule has 2 aromatic carbocycles. The molecule has 168 valence electrons. The number of rotatable bonds is 2. The van der Waals surface area contributed by atoms with Gasteiger partial charge in [0.2, 0.25) is 5.95 Å². The summed E-state index contributed by atoms with van der Waals surface area (Å²) in [7, 11) is 0. The van der Waals surface area contributed by atoms with Gasteiger partial charge in [-0.2, -0.15) is 4.39 Å². The summed E-state index contributed by atoms with van der Waals surface area (Å²) in [6.07, 6.45) is 3.30. The van der Waals surface area contributed by atoms with Gasteiger partial charge in [-0.05, 0) is 59.5 Å². The third-order valence-corrected chi connectivity index (χ3v) is 6.43. The Balaban J connectivity index is 1.55. The van der Waals surface area contributed by atoms with E-state index in [2.05, 4.69) is 10.3 Å². The maximum absolute atomic E-state index is 15.4. The molecule has 3 N–H and O–H groups in total. The normalized spacial score (nSPS) is 23.6. The molecule has 8 heteroatoms. The largest absolute Gasteiger partial charge is 0.454 e. The Labute approximate surface area is 189 Å². The maximum atomic E-state index is 15.4. The lowest BCUT2D eigenvalue weighted by atomic mass is 9.79. The highest BCUT2D eigenvalue weighted by molar-refractivity contribution is 5.73. The quantitative estimate of drug-likeness (QED) is 0.575. The first-order chi connectivity index (χ1) is 16.0. The number of aromatic nitrogens is 1. The predicted molar refractivity (Wildman–Crippen MR) is 117 cm³/mol. The minimum atomic E-state index is -0.959. The minimum Gasteiger partial charge on any atom is -0.454 e. The smallest absolute Gasteiger partial charge is 0.220 e. The van der Waals surface area contributed by atoms with Crippen molar-refractivity contribution in [2.75, 3.05) is 19.8 Å². The Morgan fingerprint density at radius 3 is 2.73 bits per heavy atom. The van der Waals surface area contributed by atoms with Gasteiger partial charge < -0.3 is 14.2 Å². The van der Waals surface area contributed by atoms with Crippen LogP contribution in [0.4, 0.5) is 8.78 Å². The molecular formula is C25H21F2N3O3. The van der Waals surface area contributed by atoms with E-state index in [1.165, 1.54) is 12.3 Å². The van der Waals surface area contributed by atoms with Crippen LogP contribution in [0.25, 0.3) is 16.7 Å². The van der Waals surface area contributed by atoms with Gasteiger partial charge in [-0.1, -0.05) is 12.1 Å². The Hall–Kier alpha value is -3.17. The van der Waals surface area contributed by atoms with Gasteiger partial charge in [0.05, 0.1) is 19.8 Å². The number of hydrogen-bond donors (Lipinski definition) is 2. The van der Waals surface area contributed by atoms with Crippen molar-refractivity contribution in [2.45, 2.75) is 18.3 Å². The summed E-state index contributed by atoms with van der Waals surface area (Å²) in [5.74, 6) is -0.456. The average molecular weight is 449 g/mol. The summed E-state index contributed by atoms with van der Waals surface area (Å²) in [4.78, 5) is 3.76. The van der Waals surface area contributed by atoms with Gasteiger partial charge in [0.1, 0.15) is 11.3 Å². The van der Waals surface area contributed by atoms with Crippen LogP contribution in [0.5, 0.6) is 11.5 Å². The molecule has 0 radical (unpaired) electrons. The molecule has 3 aliphatic heterocycles. The SMILES string of the molecule is NC1N[C@@]2(CO1)c1cc(-c3cccnc3F)ccc1Oc1c(F)cc(C3=CCOCC3)cc12. The molecule has 2 atom stereocenters. The first kappa shape index (κ1) is 20.4. The van der Waals surface area contributed by atoms with Crippen LogP contribution in [0, 0.1) is 11.8 Å². The van der Waals surface area contributed by atoms with Gasteiger partial charge in [-0.25, -0.2) is 9.37 Å². The lowest BCUT2D eigenvalue weighted by Crippen LogP contribution is -2.47. The lowest BCUT2D eigenvalue weighted by molar-refractivity contribution is 0.103. The highest BCUT2D eigenvalue weighted by Crippen LogP contribution is 2.51. The number of nitrogens with zero attached hydrogens (tertiary/aromatic N) is 1. The Bertz CT molecular complexity index is 1300. The van der Waals surface area contributed by atoms with Crippen molar-refractivity contribution in [3.63, 3.8) is 0 Å². The van der Waals surface area contributed by atoms with Crippen molar-refractivity contribution < 1.29 is 23.0 Å². The van der Waals surface area contributed by atoms with Crippen molar-refractivity contribution in [3.8, 4) is 22.6 Å². The molecule has 33 heavy (non-hydrogen) atoms. The second-order valence-electron chi connectivity index (χ2n) is 8.33. The van der Waals surface area contributed by atoms with Crippen LogP contribution < -0.4 is 15.8 Å². The van der Waals surface area contributed by atoms with Crippen LogP contribution in [0.1, 0.15) is 23.1 Å². The van der Waals surface area contributed by atoms with Gasteiger partial charge in [0, 0.05) is 22.9 Å². The average Bonchev–Trinajstić information content (AvgIpc) is 3.23. The Kier molecular flexibility index (Phi) is 4.77. The molecule has 6 rings (SSSR count). The number of nitrogens with one attached hydrogen (secondary N) is 1. The standard InChI is InChI=1S/C25H21F2N3O3/c26-20-12-16(14-5-8-31-9-6-14)11-19-22(20)33-21-4-3-15(17-2-1-7-29-23(17)27)10-18(21)25(19)13-32-24(28)30-25/h1-5,7,10-12,24,30H,6,8-9,13,28H2/t24?,25-/m0/s1. The Morgan fingerprint density at radius 2 is 1.97 bits per heavy atom. The van der Waals surface area contributed by atoms with Gasteiger partial charge >= 0.3 is 0 Å². The molecule has 0 aliphatic carbocycles. The summed E-state index contributed by atoms with van der Waals surface area (Å²) < 4.78 is 46.9.